The van der Waals surface area contributed by atoms with Gasteiger partial charge in [0.15, 0.2) is 0 Å². The van der Waals surface area contributed by atoms with Crippen LogP contribution in [0.2, 0.25) is 0 Å². The largest absolute Gasteiger partial charge is 0.0312 e. The van der Waals surface area contributed by atoms with Gasteiger partial charge in [0.25, 0.3) is 0 Å². The van der Waals surface area contributed by atoms with Crippen LogP contribution in [0.15, 0.2) is 3.34 Å². The Hall–Kier alpha value is 1.12. The smallest absolute Gasteiger partial charge is 0.0312 e. The van der Waals surface area contributed by atoms with Crippen LogP contribution in [-0.4, -0.2) is 5.54 Å². The molecule has 0 aromatic rings. The molecule has 1 aliphatic rings. The van der Waals surface area contributed by atoms with Gasteiger partial charge < -0.3 is 0 Å². The quantitative estimate of drug-likeness (QED) is 0.601. The third kappa shape index (κ3) is 13.1. The van der Waals surface area contributed by atoms with Crippen molar-refractivity contribution in [2.24, 2.45) is 3.34 Å². The SMILES string of the molecule is CC(C)(C)[N]=[Nb]([Cl])[Cl].[CH]1[CH][CH][CH][CH]1. The van der Waals surface area contributed by atoms with Crippen molar-refractivity contribution in [2.75, 3.05) is 0 Å². The van der Waals surface area contributed by atoms with Crippen molar-refractivity contribution in [3.63, 3.8) is 0 Å². The van der Waals surface area contributed by atoms with Gasteiger partial charge in [-0.05, 0) is 32.1 Å². The number of nitrogens with zero attached hydrogens (tertiary/aromatic N) is 1. The van der Waals surface area contributed by atoms with Gasteiger partial charge in [-0.2, -0.15) is 0 Å². The Labute approximate surface area is 95.8 Å². The number of hydrogen-bond acceptors (Lipinski definition) is 1. The van der Waals surface area contributed by atoms with Crippen LogP contribution < -0.4 is 0 Å². The molecule has 0 N–H and O–H groups in total. The van der Waals surface area contributed by atoms with Gasteiger partial charge in [-0.15, -0.1) is 0 Å². The predicted molar refractivity (Wildman–Crippen MR) is 55.4 cm³/mol. The van der Waals surface area contributed by atoms with Crippen LogP contribution in [0.5, 0.6) is 0 Å². The summed E-state index contributed by atoms with van der Waals surface area (Å²) in [6, 6.07) is 0. The van der Waals surface area contributed by atoms with Gasteiger partial charge in [0, 0.05) is 0 Å². The summed E-state index contributed by atoms with van der Waals surface area (Å²) in [4.78, 5) is 0. The van der Waals surface area contributed by atoms with E-state index in [0.29, 0.717) is 0 Å². The summed E-state index contributed by atoms with van der Waals surface area (Å²) in [5, 5.41) is 0. The summed E-state index contributed by atoms with van der Waals surface area (Å²) in [7, 11) is 11.1. The zero-order valence-electron chi connectivity index (χ0n) is 8.04. The third-order valence-electron chi connectivity index (χ3n) is 0.931. The van der Waals surface area contributed by atoms with E-state index in [-0.39, 0.29) is 5.54 Å². The number of rotatable bonds is 0. The molecule has 0 amide bonds. The molecule has 13 heavy (non-hydrogen) atoms. The number of halogens is 2. The summed E-state index contributed by atoms with van der Waals surface area (Å²) >= 11 is -2.09. The van der Waals surface area contributed by atoms with Crippen molar-refractivity contribution in [1.29, 1.82) is 0 Å². The molecule has 1 aliphatic carbocycles. The Kier molecular flexibility index (Phi) is 8.06. The molecular weight excluding hydrogens is 286 g/mol. The fraction of sp³-hybridized carbons (Fsp3) is 0.444. The van der Waals surface area contributed by atoms with Crippen molar-refractivity contribution in [3.8, 4) is 0 Å². The topological polar surface area (TPSA) is 12.4 Å². The molecule has 1 rings (SSSR count). The summed E-state index contributed by atoms with van der Waals surface area (Å²) in [6.07, 6.45) is 10.0. The average molecular weight is 300 g/mol. The second kappa shape index (κ2) is 7.42. The van der Waals surface area contributed by atoms with Crippen molar-refractivity contribution in [2.45, 2.75) is 26.3 Å². The van der Waals surface area contributed by atoms with Gasteiger partial charge in [-0.1, -0.05) is 0 Å². The fourth-order valence-electron chi connectivity index (χ4n) is 0.548. The molecule has 5 radical (unpaired) electrons. The summed E-state index contributed by atoms with van der Waals surface area (Å²) in [6.45, 7) is 5.98. The van der Waals surface area contributed by atoms with E-state index in [9.17, 15) is 0 Å². The molecule has 0 aromatic heterocycles. The molecular formula is C9H14Cl2NNb. The molecule has 1 saturated carbocycles. The molecule has 0 aromatic carbocycles. The first-order valence-electron chi connectivity index (χ1n) is 3.93. The molecule has 1 nitrogen and oxygen atoms in total. The Balaban J connectivity index is 0.000000243. The molecule has 4 heteroatoms. The van der Waals surface area contributed by atoms with Gasteiger partial charge in [0.1, 0.15) is 0 Å². The monoisotopic (exact) mass is 299 g/mol. The van der Waals surface area contributed by atoms with E-state index in [1.165, 1.54) is 0 Å². The summed E-state index contributed by atoms with van der Waals surface area (Å²) in [5.74, 6) is 0. The van der Waals surface area contributed by atoms with E-state index < -0.39 is 16.1 Å². The standard InChI is InChI=1S/C5H5.C4H9N.2ClH.Nb/c1-2-4-5-3-1;1-4(2,3)5;;;/h1-5H;1-3H3;2*1H;/q;;;;+2/p-2. The normalized spacial score (nSPS) is 16.1. The van der Waals surface area contributed by atoms with Crippen LogP contribution in [0.1, 0.15) is 20.8 Å². The van der Waals surface area contributed by atoms with Crippen molar-refractivity contribution >= 4 is 18.4 Å². The second-order valence-corrected chi connectivity index (χ2v) is 9.81. The van der Waals surface area contributed by atoms with Crippen molar-refractivity contribution in [1.82, 2.24) is 0 Å². The fourth-order valence-corrected chi connectivity index (χ4v) is 4.35. The molecule has 0 aliphatic heterocycles. The van der Waals surface area contributed by atoms with E-state index in [1.807, 2.05) is 52.9 Å². The first-order valence-corrected chi connectivity index (χ1v) is 10.6. The molecule has 0 saturated heterocycles. The third-order valence-corrected chi connectivity index (χ3v) is 3.67. The minimum atomic E-state index is -2.09. The molecule has 0 spiro atoms. The van der Waals surface area contributed by atoms with Crippen LogP contribution >= 0.6 is 18.4 Å². The second-order valence-electron chi connectivity index (χ2n) is 3.45. The van der Waals surface area contributed by atoms with Gasteiger partial charge in [0.05, 0.1) is 0 Å². The maximum absolute atomic E-state index is 5.54. The van der Waals surface area contributed by atoms with E-state index in [4.69, 9.17) is 18.4 Å². The Morgan fingerprint density at radius 2 is 1.23 bits per heavy atom. The van der Waals surface area contributed by atoms with Gasteiger partial charge in [0.2, 0.25) is 0 Å². The van der Waals surface area contributed by atoms with Crippen LogP contribution in [0, 0.1) is 32.1 Å². The van der Waals surface area contributed by atoms with E-state index in [2.05, 4.69) is 3.34 Å². The average Bonchev–Trinajstić information content (AvgIpc) is 2.33. The molecule has 0 heterocycles. The van der Waals surface area contributed by atoms with Crippen molar-refractivity contribution < 1.29 is 16.1 Å². The molecule has 74 valence electrons. The van der Waals surface area contributed by atoms with Gasteiger partial charge >= 0.3 is 64.1 Å². The Bertz CT molecular complexity index is 148. The van der Waals surface area contributed by atoms with E-state index in [0.717, 1.165) is 0 Å². The van der Waals surface area contributed by atoms with Crippen LogP contribution in [0.3, 0.4) is 0 Å². The number of hydrogen-bond donors (Lipinski definition) is 0. The predicted octanol–water partition coefficient (Wildman–Crippen LogP) is 3.92. The Morgan fingerprint density at radius 1 is 0.923 bits per heavy atom. The maximum Gasteiger partial charge on any atom is -0.0312 e. The minimum Gasteiger partial charge on any atom is -0.0312 e. The minimum absolute atomic E-state index is 0.0354. The van der Waals surface area contributed by atoms with Crippen LogP contribution in [0.4, 0.5) is 0 Å². The van der Waals surface area contributed by atoms with Crippen LogP contribution in [0.25, 0.3) is 0 Å². The zero-order valence-corrected chi connectivity index (χ0v) is 11.7. The van der Waals surface area contributed by atoms with Crippen molar-refractivity contribution in [3.05, 3.63) is 32.1 Å². The molecule has 0 atom stereocenters. The first-order chi connectivity index (χ1) is 5.92. The van der Waals surface area contributed by atoms with Gasteiger partial charge in [-0.3, -0.25) is 0 Å². The summed E-state index contributed by atoms with van der Waals surface area (Å²) < 4.78 is 4.12. The molecule has 0 bridgehead atoms. The zero-order chi connectivity index (χ0) is 10.3. The Morgan fingerprint density at radius 3 is 1.31 bits per heavy atom. The van der Waals surface area contributed by atoms with Crippen LogP contribution in [-0.2, 0) is 16.1 Å². The van der Waals surface area contributed by atoms with Gasteiger partial charge in [-0.25, -0.2) is 0 Å². The first kappa shape index (κ1) is 14.1. The van der Waals surface area contributed by atoms with E-state index in [1.54, 1.807) is 0 Å². The molecule has 1 fully saturated rings. The molecule has 0 unspecified atom stereocenters. The van der Waals surface area contributed by atoms with E-state index >= 15 is 0 Å². The summed E-state index contributed by atoms with van der Waals surface area (Å²) in [5.41, 5.74) is -0.0354. The maximum atomic E-state index is 5.54.